The van der Waals surface area contributed by atoms with Gasteiger partial charge in [-0.2, -0.15) is 0 Å². The fraction of sp³-hybridized carbons (Fsp3) is 0.417. The van der Waals surface area contributed by atoms with Crippen molar-refractivity contribution in [2.75, 3.05) is 25.6 Å². The standard InChI is InChI=1S/C12H14BrN3O4/c1-14-10-6-20-5-8(10)12(17)15-7-2-3-9(13)11(4-7)16(18)19/h2-4,8,10,14H,5-6H2,1H3,(H,15,17). The van der Waals surface area contributed by atoms with E-state index in [1.807, 2.05) is 0 Å². The van der Waals surface area contributed by atoms with Crippen molar-refractivity contribution in [3.8, 4) is 0 Å². The number of hydrogen-bond acceptors (Lipinski definition) is 5. The summed E-state index contributed by atoms with van der Waals surface area (Å²) >= 11 is 3.10. The SMILES string of the molecule is CNC1COCC1C(=O)Nc1ccc(Br)c([N+](=O)[O-])c1. The Morgan fingerprint density at radius 2 is 2.25 bits per heavy atom. The summed E-state index contributed by atoms with van der Waals surface area (Å²) in [6.45, 7) is 0.824. The number of rotatable bonds is 4. The van der Waals surface area contributed by atoms with Gasteiger partial charge in [-0.3, -0.25) is 14.9 Å². The number of likely N-dealkylation sites (N-methyl/N-ethyl adjacent to an activating group) is 1. The van der Waals surface area contributed by atoms with Crippen molar-refractivity contribution in [3.05, 3.63) is 32.8 Å². The summed E-state index contributed by atoms with van der Waals surface area (Å²) < 4.78 is 5.63. The molecule has 2 unspecified atom stereocenters. The second-order valence-corrected chi connectivity index (χ2v) is 5.31. The van der Waals surface area contributed by atoms with Crippen molar-refractivity contribution >= 4 is 33.2 Å². The third kappa shape index (κ3) is 3.14. The number of amides is 1. The van der Waals surface area contributed by atoms with E-state index < -0.39 is 4.92 Å². The number of anilines is 1. The maximum Gasteiger partial charge on any atom is 0.285 e. The number of halogens is 1. The van der Waals surface area contributed by atoms with E-state index >= 15 is 0 Å². The molecule has 0 radical (unpaired) electrons. The second-order valence-electron chi connectivity index (χ2n) is 4.45. The first kappa shape index (κ1) is 14.9. The molecule has 1 aromatic rings. The summed E-state index contributed by atoms with van der Waals surface area (Å²) in [5, 5.41) is 16.6. The quantitative estimate of drug-likeness (QED) is 0.638. The number of ether oxygens (including phenoxy) is 1. The predicted molar refractivity (Wildman–Crippen MR) is 76.6 cm³/mol. The highest BCUT2D eigenvalue weighted by Gasteiger charge is 2.33. The molecule has 1 fully saturated rings. The minimum Gasteiger partial charge on any atom is -0.379 e. The van der Waals surface area contributed by atoms with Crippen LogP contribution in [0, 0.1) is 16.0 Å². The zero-order valence-electron chi connectivity index (χ0n) is 10.8. The van der Waals surface area contributed by atoms with Crippen molar-refractivity contribution < 1.29 is 14.5 Å². The van der Waals surface area contributed by atoms with E-state index in [4.69, 9.17) is 4.74 Å². The lowest BCUT2D eigenvalue weighted by Gasteiger charge is -2.16. The molecule has 0 saturated carbocycles. The van der Waals surface area contributed by atoms with Gasteiger partial charge in [0.05, 0.1) is 28.5 Å². The van der Waals surface area contributed by atoms with Crippen LogP contribution in [0.5, 0.6) is 0 Å². The molecule has 8 heteroatoms. The van der Waals surface area contributed by atoms with Crippen molar-refractivity contribution in [1.82, 2.24) is 5.32 Å². The van der Waals surface area contributed by atoms with E-state index in [2.05, 4.69) is 26.6 Å². The lowest BCUT2D eigenvalue weighted by molar-refractivity contribution is -0.385. The molecule has 2 N–H and O–H groups in total. The Bertz CT molecular complexity index is 537. The monoisotopic (exact) mass is 343 g/mol. The molecule has 108 valence electrons. The molecular formula is C12H14BrN3O4. The molecule has 1 saturated heterocycles. The third-order valence-electron chi connectivity index (χ3n) is 3.20. The van der Waals surface area contributed by atoms with Gasteiger partial charge in [0.15, 0.2) is 0 Å². The predicted octanol–water partition coefficient (Wildman–Crippen LogP) is 1.53. The molecule has 0 spiro atoms. The molecule has 0 aliphatic carbocycles. The average molecular weight is 344 g/mol. The van der Waals surface area contributed by atoms with Crippen LogP contribution in [0.15, 0.2) is 22.7 Å². The Hall–Kier alpha value is -1.51. The highest BCUT2D eigenvalue weighted by atomic mass is 79.9. The number of nitro benzene ring substituents is 1. The van der Waals surface area contributed by atoms with Gasteiger partial charge in [0, 0.05) is 17.8 Å². The van der Waals surface area contributed by atoms with Gasteiger partial charge in [-0.05, 0) is 35.1 Å². The molecule has 2 rings (SSSR count). The van der Waals surface area contributed by atoms with Gasteiger partial charge in [-0.1, -0.05) is 0 Å². The van der Waals surface area contributed by atoms with Crippen LogP contribution in [0.2, 0.25) is 0 Å². The van der Waals surface area contributed by atoms with Crippen molar-refractivity contribution in [3.63, 3.8) is 0 Å². The smallest absolute Gasteiger partial charge is 0.285 e. The fourth-order valence-corrected chi connectivity index (χ4v) is 2.45. The van der Waals surface area contributed by atoms with E-state index in [1.165, 1.54) is 12.1 Å². The molecule has 1 amide bonds. The van der Waals surface area contributed by atoms with Gasteiger partial charge in [0.1, 0.15) is 0 Å². The van der Waals surface area contributed by atoms with Crippen LogP contribution in [0.4, 0.5) is 11.4 Å². The van der Waals surface area contributed by atoms with E-state index in [0.717, 1.165) is 0 Å². The largest absolute Gasteiger partial charge is 0.379 e. The second kappa shape index (κ2) is 6.29. The number of benzene rings is 1. The first-order valence-corrected chi connectivity index (χ1v) is 6.82. The summed E-state index contributed by atoms with van der Waals surface area (Å²) in [5.41, 5.74) is 0.308. The Kier molecular flexibility index (Phi) is 4.69. The van der Waals surface area contributed by atoms with E-state index in [1.54, 1.807) is 13.1 Å². The van der Waals surface area contributed by atoms with Crippen LogP contribution < -0.4 is 10.6 Å². The van der Waals surface area contributed by atoms with Gasteiger partial charge in [0.25, 0.3) is 5.69 Å². The molecule has 7 nitrogen and oxygen atoms in total. The fourth-order valence-electron chi connectivity index (χ4n) is 2.06. The topological polar surface area (TPSA) is 93.5 Å². The van der Waals surface area contributed by atoms with Crippen LogP contribution in [0.3, 0.4) is 0 Å². The summed E-state index contributed by atoms with van der Waals surface area (Å²) in [5.74, 6) is -0.513. The summed E-state index contributed by atoms with van der Waals surface area (Å²) in [6, 6.07) is 4.43. The Morgan fingerprint density at radius 3 is 2.90 bits per heavy atom. The average Bonchev–Trinajstić information content (AvgIpc) is 2.89. The lowest BCUT2D eigenvalue weighted by atomic mass is 10.0. The number of carbonyl (C=O) groups is 1. The Morgan fingerprint density at radius 1 is 1.50 bits per heavy atom. The Labute approximate surface area is 124 Å². The first-order valence-electron chi connectivity index (χ1n) is 6.02. The van der Waals surface area contributed by atoms with Crippen molar-refractivity contribution in [2.45, 2.75) is 6.04 Å². The zero-order valence-corrected chi connectivity index (χ0v) is 12.3. The maximum absolute atomic E-state index is 12.1. The van der Waals surface area contributed by atoms with Crippen LogP contribution in [0.1, 0.15) is 0 Å². The van der Waals surface area contributed by atoms with Crippen molar-refractivity contribution in [2.24, 2.45) is 5.92 Å². The van der Waals surface area contributed by atoms with E-state index in [9.17, 15) is 14.9 Å². The number of carbonyl (C=O) groups excluding carboxylic acids is 1. The number of nitrogens with zero attached hydrogens (tertiary/aromatic N) is 1. The van der Waals surface area contributed by atoms with E-state index in [-0.39, 0.29) is 23.6 Å². The minimum atomic E-state index is -0.505. The summed E-state index contributed by atoms with van der Waals surface area (Å²) in [4.78, 5) is 22.5. The molecule has 1 aliphatic rings. The van der Waals surface area contributed by atoms with Crippen molar-refractivity contribution in [1.29, 1.82) is 0 Å². The highest BCUT2D eigenvalue weighted by Crippen LogP contribution is 2.28. The summed E-state index contributed by atoms with van der Waals surface area (Å²) in [7, 11) is 1.77. The molecule has 1 aliphatic heterocycles. The molecule has 0 aromatic heterocycles. The van der Waals surface area contributed by atoms with E-state index in [0.29, 0.717) is 23.4 Å². The maximum atomic E-state index is 12.1. The Balaban J connectivity index is 2.12. The normalized spacial score (nSPS) is 21.7. The number of hydrogen-bond donors (Lipinski definition) is 2. The molecule has 1 heterocycles. The highest BCUT2D eigenvalue weighted by molar-refractivity contribution is 9.10. The summed E-state index contributed by atoms with van der Waals surface area (Å²) in [6.07, 6.45) is 0. The van der Waals surface area contributed by atoms with Crippen LogP contribution >= 0.6 is 15.9 Å². The lowest BCUT2D eigenvalue weighted by Crippen LogP contribution is -2.39. The first-order chi connectivity index (χ1) is 9.52. The molecule has 0 bridgehead atoms. The van der Waals surface area contributed by atoms with Gasteiger partial charge >= 0.3 is 0 Å². The molecule has 20 heavy (non-hydrogen) atoms. The molecular weight excluding hydrogens is 330 g/mol. The molecule has 2 atom stereocenters. The van der Waals surface area contributed by atoms with Gasteiger partial charge in [-0.15, -0.1) is 0 Å². The van der Waals surface area contributed by atoms with Crippen LogP contribution in [0.25, 0.3) is 0 Å². The number of nitrogens with one attached hydrogen (secondary N) is 2. The van der Waals surface area contributed by atoms with Gasteiger partial charge < -0.3 is 15.4 Å². The number of nitro groups is 1. The van der Waals surface area contributed by atoms with Crippen LogP contribution in [-0.4, -0.2) is 37.1 Å². The molecule has 1 aromatic carbocycles. The van der Waals surface area contributed by atoms with Gasteiger partial charge in [0.2, 0.25) is 5.91 Å². The third-order valence-corrected chi connectivity index (χ3v) is 3.87. The minimum absolute atomic E-state index is 0.0413. The van der Waals surface area contributed by atoms with Crippen LogP contribution in [-0.2, 0) is 9.53 Å². The van der Waals surface area contributed by atoms with Gasteiger partial charge in [-0.25, -0.2) is 0 Å². The zero-order chi connectivity index (χ0) is 14.7.